The largest absolute Gasteiger partial charge is 0.464 e. The maximum absolute atomic E-state index is 12.2. The van der Waals surface area contributed by atoms with Crippen molar-refractivity contribution in [3.63, 3.8) is 0 Å². The van der Waals surface area contributed by atoms with Crippen LogP contribution in [0, 0.1) is 0 Å². The van der Waals surface area contributed by atoms with E-state index in [-0.39, 0.29) is 0 Å². The van der Waals surface area contributed by atoms with Crippen LogP contribution in [0.15, 0.2) is 9.72 Å². The van der Waals surface area contributed by atoms with E-state index >= 15 is 0 Å². The first-order valence-electron chi connectivity index (χ1n) is 4.57. The highest BCUT2D eigenvalue weighted by atomic mass is 32.2. The first-order chi connectivity index (χ1) is 8.30. The van der Waals surface area contributed by atoms with E-state index in [4.69, 9.17) is 0 Å². The fourth-order valence-electron chi connectivity index (χ4n) is 1.09. The molecule has 18 heavy (non-hydrogen) atoms. The van der Waals surface area contributed by atoms with Crippen LogP contribution in [0.1, 0.15) is 10.5 Å². The van der Waals surface area contributed by atoms with Crippen LogP contribution in [0.4, 0.5) is 8.78 Å². The summed E-state index contributed by atoms with van der Waals surface area (Å²) < 4.78 is 52.6. The Balaban J connectivity index is 3.13. The number of hydrogen-bond donors (Lipinski definition) is 0. The number of nitrogens with zero attached hydrogens (tertiary/aromatic N) is 2. The Labute approximate surface area is 106 Å². The third kappa shape index (κ3) is 3.00. The van der Waals surface area contributed by atoms with Crippen LogP contribution in [0.25, 0.3) is 0 Å². The second kappa shape index (κ2) is 5.67. The maximum atomic E-state index is 12.2. The Morgan fingerprint density at radius 2 is 2.22 bits per heavy atom. The van der Waals surface area contributed by atoms with Gasteiger partial charge < -0.3 is 4.74 Å². The lowest BCUT2D eigenvalue weighted by Gasteiger charge is -2.15. The molecule has 0 aliphatic heterocycles. The average molecular weight is 300 g/mol. The average Bonchev–Trinajstić information content (AvgIpc) is 2.76. The van der Waals surface area contributed by atoms with E-state index in [1.54, 1.807) is 0 Å². The third-order valence-electron chi connectivity index (χ3n) is 1.95. The maximum Gasteiger partial charge on any atom is 0.358 e. The van der Waals surface area contributed by atoms with Gasteiger partial charge in [-0.05, 0) is 0 Å². The van der Waals surface area contributed by atoms with Gasteiger partial charge in [0.1, 0.15) is 0 Å². The van der Waals surface area contributed by atoms with E-state index in [9.17, 15) is 22.0 Å². The molecule has 0 fully saturated rings. The van der Waals surface area contributed by atoms with Gasteiger partial charge in [-0.15, -0.1) is 11.3 Å². The van der Waals surface area contributed by atoms with E-state index < -0.39 is 38.9 Å². The van der Waals surface area contributed by atoms with Crippen LogP contribution in [0.5, 0.6) is 0 Å². The van der Waals surface area contributed by atoms with Crippen molar-refractivity contribution in [2.75, 3.05) is 20.7 Å². The molecule has 1 rings (SSSR count). The summed E-state index contributed by atoms with van der Waals surface area (Å²) in [7, 11) is -2.10. The number of methoxy groups -OCH3 is 1. The highest BCUT2D eigenvalue weighted by Crippen LogP contribution is 2.24. The number of alkyl halides is 2. The number of carbonyl (C=O) groups excluding carboxylic acids is 1. The highest BCUT2D eigenvalue weighted by Gasteiger charge is 2.31. The van der Waals surface area contributed by atoms with Crippen LogP contribution < -0.4 is 0 Å². The number of halogens is 2. The zero-order valence-corrected chi connectivity index (χ0v) is 11.1. The van der Waals surface area contributed by atoms with Crippen molar-refractivity contribution in [3.8, 4) is 0 Å². The van der Waals surface area contributed by atoms with Crippen LogP contribution in [0.2, 0.25) is 0 Å². The molecule has 0 amide bonds. The summed E-state index contributed by atoms with van der Waals surface area (Å²) in [6.07, 6.45) is -2.81. The summed E-state index contributed by atoms with van der Waals surface area (Å²) in [5.74, 6) is -0.930. The van der Waals surface area contributed by atoms with Gasteiger partial charge >= 0.3 is 5.97 Å². The van der Waals surface area contributed by atoms with Crippen molar-refractivity contribution in [2.45, 2.75) is 10.6 Å². The number of thiazole rings is 1. The molecule has 0 spiro atoms. The summed E-state index contributed by atoms with van der Waals surface area (Å²) >= 11 is 0.669. The summed E-state index contributed by atoms with van der Waals surface area (Å²) in [5, 5.41) is 0. The molecule has 0 bridgehead atoms. The van der Waals surface area contributed by atoms with Crippen LogP contribution >= 0.6 is 11.3 Å². The van der Waals surface area contributed by atoms with Gasteiger partial charge in [0.2, 0.25) is 0 Å². The molecular weight excluding hydrogens is 290 g/mol. The lowest BCUT2D eigenvalue weighted by molar-refractivity contribution is 0.0590. The van der Waals surface area contributed by atoms with Crippen LogP contribution in [0.3, 0.4) is 0 Å². The molecule has 0 aromatic carbocycles. The van der Waals surface area contributed by atoms with Crippen LogP contribution in [-0.2, 0) is 14.8 Å². The fraction of sp³-hybridized carbons (Fsp3) is 0.500. The smallest absolute Gasteiger partial charge is 0.358 e. The number of carbonyl (C=O) groups is 1. The molecule has 0 saturated carbocycles. The topological polar surface area (TPSA) is 76.6 Å². The van der Waals surface area contributed by atoms with Crippen molar-refractivity contribution in [1.29, 1.82) is 0 Å². The minimum atomic E-state index is -4.17. The predicted molar refractivity (Wildman–Crippen MR) is 59.3 cm³/mol. The first-order valence-corrected chi connectivity index (χ1v) is 6.89. The molecule has 0 aliphatic carbocycles. The standard InChI is InChI=1S/C8H10F2N2O4S2/c1-12(3-5(9)10)18(14,15)8-6(7(13)16-2)11-4-17-8/h4-5H,3H2,1-2H3. The molecule has 0 saturated heterocycles. The number of rotatable bonds is 5. The molecule has 10 heteroatoms. The van der Waals surface area contributed by atoms with Crippen molar-refractivity contribution in [2.24, 2.45) is 0 Å². The van der Waals surface area contributed by atoms with Crippen molar-refractivity contribution >= 4 is 27.3 Å². The Bertz CT molecular complexity index is 529. The zero-order valence-electron chi connectivity index (χ0n) is 9.46. The van der Waals surface area contributed by atoms with E-state index in [1.807, 2.05) is 0 Å². The van der Waals surface area contributed by atoms with E-state index in [0.717, 1.165) is 19.7 Å². The van der Waals surface area contributed by atoms with Gasteiger partial charge in [0.05, 0.1) is 19.2 Å². The number of hydrogen-bond acceptors (Lipinski definition) is 6. The SMILES string of the molecule is COC(=O)c1ncsc1S(=O)(=O)N(C)CC(F)F. The summed E-state index contributed by atoms with van der Waals surface area (Å²) in [6, 6.07) is 0. The molecule has 1 heterocycles. The molecule has 6 nitrogen and oxygen atoms in total. The lowest BCUT2D eigenvalue weighted by Crippen LogP contribution is -2.31. The molecule has 0 unspecified atom stereocenters. The van der Waals surface area contributed by atoms with Crippen LogP contribution in [-0.4, -0.2) is 50.8 Å². The minimum Gasteiger partial charge on any atom is -0.464 e. The van der Waals surface area contributed by atoms with Gasteiger partial charge in [-0.2, -0.15) is 4.31 Å². The van der Waals surface area contributed by atoms with Gasteiger partial charge in [-0.1, -0.05) is 0 Å². The Kier molecular flexibility index (Phi) is 4.71. The zero-order chi connectivity index (χ0) is 13.9. The number of aromatic nitrogens is 1. The molecule has 0 atom stereocenters. The number of ether oxygens (including phenoxy) is 1. The highest BCUT2D eigenvalue weighted by molar-refractivity contribution is 7.91. The van der Waals surface area contributed by atoms with E-state index in [2.05, 4.69) is 9.72 Å². The van der Waals surface area contributed by atoms with Crippen molar-refractivity contribution < 1.29 is 26.7 Å². The molecule has 0 radical (unpaired) electrons. The van der Waals surface area contributed by atoms with Gasteiger partial charge in [-0.25, -0.2) is 27.0 Å². The summed E-state index contributed by atoms with van der Waals surface area (Å²) in [6.45, 7) is -0.957. The summed E-state index contributed by atoms with van der Waals surface area (Å²) in [4.78, 5) is 14.8. The lowest BCUT2D eigenvalue weighted by atomic mass is 10.5. The molecular formula is C8H10F2N2O4S2. The summed E-state index contributed by atoms with van der Waals surface area (Å²) in [5.41, 5.74) is 0.735. The first kappa shape index (κ1) is 14.9. The second-order valence-corrected chi connectivity index (χ2v) is 6.25. The molecule has 1 aromatic rings. The molecule has 0 aliphatic rings. The Hall–Kier alpha value is -1.13. The van der Waals surface area contributed by atoms with Crippen molar-refractivity contribution in [3.05, 3.63) is 11.2 Å². The second-order valence-electron chi connectivity index (χ2n) is 3.16. The van der Waals surface area contributed by atoms with E-state index in [0.29, 0.717) is 15.6 Å². The van der Waals surface area contributed by atoms with Crippen molar-refractivity contribution in [1.82, 2.24) is 9.29 Å². The molecule has 102 valence electrons. The quantitative estimate of drug-likeness (QED) is 0.752. The monoisotopic (exact) mass is 300 g/mol. The fourth-order valence-corrected chi connectivity index (χ4v) is 3.56. The molecule has 1 aromatic heterocycles. The third-order valence-corrected chi connectivity index (χ3v) is 5.12. The normalized spacial score (nSPS) is 12.1. The minimum absolute atomic E-state index is 0.399. The van der Waals surface area contributed by atoms with Gasteiger partial charge in [0, 0.05) is 7.05 Å². The van der Waals surface area contributed by atoms with Gasteiger partial charge in [0.15, 0.2) is 9.90 Å². The number of esters is 1. The number of sulfonamides is 1. The van der Waals surface area contributed by atoms with E-state index in [1.165, 1.54) is 0 Å². The van der Waals surface area contributed by atoms with Gasteiger partial charge in [-0.3, -0.25) is 0 Å². The Morgan fingerprint density at radius 3 is 2.72 bits per heavy atom. The predicted octanol–water partition coefficient (Wildman–Crippen LogP) is 0.815. The Morgan fingerprint density at radius 1 is 1.61 bits per heavy atom. The molecule has 0 N–H and O–H groups in total. The van der Waals surface area contributed by atoms with Gasteiger partial charge in [0.25, 0.3) is 16.4 Å².